The number of carbonyl (C=O) groups excluding carboxylic acids is 2. The molecule has 4 N–H and O–H groups in total. The number of rotatable bonds is 15. The summed E-state index contributed by atoms with van der Waals surface area (Å²) < 4.78 is 70.8. The van der Waals surface area contributed by atoms with Crippen molar-refractivity contribution in [1.29, 1.82) is 0 Å². The Morgan fingerprint density at radius 3 is 2.51 bits per heavy atom. The Morgan fingerprint density at radius 1 is 1.04 bits per heavy atom. The number of aryl methyl sites for hydroxylation is 1. The van der Waals surface area contributed by atoms with E-state index in [1.165, 1.54) is 18.3 Å². The van der Waals surface area contributed by atoms with E-state index in [-0.39, 0.29) is 50.9 Å². The summed E-state index contributed by atoms with van der Waals surface area (Å²) >= 11 is 0. The molecule has 1 fully saturated rings. The maximum Gasteiger partial charge on any atom is 0.405 e. The van der Waals surface area contributed by atoms with E-state index in [9.17, 15) is 37.4 Å². The van der Waals surface area contributed by atoms with Gasteiger partial charge in [-0.2, -0.15) is 13.2 Å². The van der Waals surface area contributed by atoms with Crippen LogP contribution in [0.1, 0.15) is 62.9 Å². The zero-order chi connectivity index (χ0) is 40.9. The highest BCUT2D eigenvalue weighted by atomic mass is 19.4. The van der Waals surface area contributed by atoms with Gasteiger partial charge in [0, 0.05) is 56.1 Å². The number of nitrogens with one attached hydrogen (secondary N) is 2. The van der Waals surface area contributed by atoms with Gasteiger partial charge in [0.2, 0.25) is 29.5 Å². The molecule has 1 saturated heterocycles. The molecule has 2 aliphatic heterocycles. The summed E-state index contributed by atoms with van der Waals surface area (Å²) in [6.07, 6.45) is -4.38. The summed E-state index contributed by atoms with van der Waals surface area (Å²) in [5.41, 5.74) is 0.232. The lowest BCUT2D eigenvalue weighted by atomic mass is 9.93. The number of oxazole rings is 1. The van der Waals surface area contributed by atoms with Crippen LogP contribution < -0.4 is 15.4 Å². The molecule has 6 rings (SSSR count). The van der Waals surface area contributed by atoms with Gasteiger partial charge < -0.3 is 34.4 Å². The molecule has 18 heteroatoms. The summed E-state index contributed by atoms with van der Waals surface area (Å²) in [5, 5.41) is 35.4. The lowest BCUT2D eigenvalue weighted by Gasteiger charge is -2.46. The minimum Gasteiger partial charge on any atom is -0.490 e. The molecule has 4 aromatic rings. The normalized spacial score (nSPS) is 20.3. The van der Waals surface area contributed by atoms with Crippen LogP contribution in [0.15, 0.2) is 63.6 Å². The molecule has 5 atom stereocenters. The number of fused-ring (bicyclic) bond motifs is 1. The van der Waals surface area contributed by atoms with Gasteiger partial charge in [0.25, 0.3) is 0 Å². The number of aliphatic hydroxyl groups excluding tert-OH is 2. The van der Waals surface area contributed by atoms with Crippen LogP contribution in [0.3, 0.4) is 0 Å². The summed E-state index contributed by atoms with van der Waals surface area (Å²) in [6, 6.07) is 10.7. The zero-order valence-electron chi connectivity index (χ0n) is 31.8. The molecule has 0 saturated carbocycles. The molecule has 57 heavy (non-hydrogen) atoms. The third-order valence-electron chi connectivity index (χ3n) is 10.3. The zero-order valence-corrected chi connectivity index (χ0v) is 31.8. The fourth-order valence-corrected chi connectivity index (χ4v) is 7.19. The summed E-state index contributed by atoms with van der Waals surface area (Å²) in [7, 11) is 0. The number of hydrogen-bond acceptors (Lipinski definition) is 12. The van der Waals surface area contributed by atoms with Gasteiger partial charge in [-0.25, -0.2) is 9.37 Å². The third kappa shape index (κ3) is 10.3. The lowest BCUT2D eigenvalue weighted by molar-refractivity contribution is -0.145. The second-order valence-corrected chi connectivity index (χ2v) is 14.9. The van der Waals surface area contributed by atoms with Crippen molar-refractivity contribution in [1.82, 2.24) is 35.6 Å². The van der Waals surface area contributed by atoms with Crippen LogP contribution in [0.25, 0.3) is 11.3 Å². The Kier molecular flexibility index (Phi) is 13.0. The molecule has 0 bridgehead atoms. The van der Waals surface area contributed by atoms with E-state index in [0.29, 0.717) is 41.5 Å². The van der Waals surface area contributed by atoms with Gasteiger partial charge in [0.1, 0.15) is 36.9 Å². The average molecular weight is 802 g/mol. The van der Waals surface area contributed by atoms with Crippen molar-refractivity contribution in [2.24, 2.45) is 5.92 Å². The molecule has 4 heterocycles. The van der Waals surface area contributed by atoms with Gasteiger partial charge in [0.15, 0.2) is 5.76 Å². The predicted molar refractivity (Wildman–Crippen MR) is 196 cm³/mol. The highest BCUT2D eigenvalue weighted by Gasteiger charge is 2.43. The first-order valence-electron chi connectivity index (χ1n) is 18.9. The van der Waals surface area contributed by atoms with Gasteiger partial charge in [-0.1, -0.05) is 25.1 Å². The van der Waals surface area contributed by atoms with Crippen LogP contribution in [-0.2, 0) is 28.0 Å². The number of aromatic nitrogens is 3. The van der Waals surface area contributed by atoms with Crippen LogP contribution >= 0.6 is 0 Å². The molecule has 0 radical (unpaired) electrons. The van der Waals surface area contributed by atoms with Gasteiger partial charge in [0.05, 0.1) is 23.9 Å². The number of ether oxygens (including phenoxy) is 1. The number of carbonyl (C=O) groups is 2. The smallest absolute Gasteiger partial charge is 0.405 e. The Balaban J connectivity index is 1.19. The number of aliphatic hydroxyl groups is 2. The van der Waals surface area contributed by atoms with Crippen molar-refractivity contribution in [2.75, 3.05) is 39.3 Å². The van der Waals surface area contributed by atoms with Crippen molar-refractivity contribution in [3.05, 3.63) is 83.8 Å². The van der Waals surface area contributed by atoms with Crippen LogP contribution in [0, 0.1) is 11.7 Å². The first-order valence-corrected chi connectivity index (χ1v) is 18.9. The summed E-state index contributed by atoms with van der Waals surface area (Å²) in [6.45, 7) is 4.22. The van der Waals surface area contributed by atoms with E-state index in [2.05, 4.69) is 20.5 Å². The second-order valence-electron chi connectivity index (χ2n) is 14.9. The number of amides is 2. The second kappa shape index (κ2) is 17.7. The van der Waals surface area contributed by atoms with Gasteiger partial charge >= 0.3 is 6.18 Å². The average Bonchev–Trinajstić information content (AvgIpc) is 3.86. The number of β-amino-alcohol motifs (C(OH)–C–C–N with tert-alkyl or cyclic N) is 1. The van der Waals surface area contributed by atoms with Crippen molar-refractivity contribution < 1.29 is 50.9 Å². The fraction of sp³-hybridized carbons (Fsp3) is 0.513. The van der Waals surface area contributed by atoms with Gasteiger partial charge in [-0.3, -0.25) is 19.4 Å². The minimum atomic E-state index is -4.66. The van der Waals surface area contributed by atoms with E-state index in [0.717, 1.165) is 6.42 Å². The number of nitrogens with zero attached hydrogens (tertiary/aromatic N) is 5. The molecule has 0 spiro atoms. The van der Waals surface area contributed by atoms with Crippen LogP contribution in [0.4, 0.5) is 17.6 Å². The number of para-hydroxylation sites is 1. The summed E-state index contributed by atoms with van der Waals surface area (Å²) in [5.74, 6) is -1.02. The SMILES string of the molecule is CCCc1nnc(C[C@H](C[C@H](O)CN2CCN(C(C)(C)c3ncc(-c4ccc(F)cc4)o3)C[C@H]2C(=O)NCC(F)(F)F)C(=O)N[C@H]2c3ccccc3OC[C@H]2O)o1. The quantitative estimate of drug-likeness (QED) is 0.128. The molecule has 2 amide bonds. The molecule has 2 aliphatic rings. The van der Waals surface area contributed by atoms with Gasteiger partial charge in [-0.15, -0.1) is 10.2 Å². The largest absolute Gasteiger partial charge is 0.490 e. The number of piperazine rings is 1. The Bertz CT molecular complexity index is 1970. The molecule has 0 unspecified atom stereocenters. The predicted octanol–water partition coefficient (Wildman–Crippen LogP) is 3.94. The molecular formula is C39H47F4N7O7. The summed E-state index contributed by atoms with van der Waals surface area (Å²) in [4.78, 5) is 35.4. The van der Waals surface area contributed by atoms with E-state index in [4.69, 9.17) is 13.6 Å². The maximum absolute atomic E-state index is 14.0. The van der Waals surface area contributed by atoms with Crippen molar-refractivity contribution >= 4 is 11.8 Å². The van der Waals surface area contributed by atoms with E-state index in [1.807, 2.05) is 31.0 Å². The standard InChI is InChI=1S/C39H47F4N7O7/c1-4-7-32-47-48-33(57-32)17-24(35(53)46-34-27-8-5-6-9-30(27)55-21-29(34)52)16-26(51)19-49-14-15-50(20-28(49)36(54)45-22-39(41,42)43)38(2,3)37-44-18-31(56-37)23-10-12-25(40)13-11-23/h5-6,8-13,18,24,26,28-29,34,51-52H,4,7,14-17,19-22H2,1-3H3,(H,45,54)(H,46,53)/t24-,26-,28-,29+,34-/m0/s1. The highest BCUT2D eigenvalue weighted by molar-refractivity contribution is 5.82. The minimum absolute atomic E-state index is 0.0475. The Hall–Kier alpha value is -4.91. The first kappa shape index (κ1) is 41.7. The molecule has 2 aromatic heterocycles. The molecule has 308 valence electrons. The van der Waals surface area contributed by atoms with Crippen molar-refractivity contribution in [3.63, 3.8) is 0 Å². The Labute approximate surface area is 326 Å². The topological polar surface area (TPSA) is 179 Å². The maximum atomic E-state index is 14.0. The molecule has 2 aromatic carbocycles. The van der Waals surface area contributed by atoms with E-state index in [1.54, 1.807) is 41.3 Å². The monoisotopic (exact) mass is 801 g/mol. The highest BCUT2D eigenvalue weighted by Crippen LogP contribution is 2.34. The molecular weight excluding hydrogens is 754 g/mol. The van der Waals surface area contributed by atoms with E-state index >= 15 is 0 Å². The first-order chi connectivity index (χ1) is 27.1. The Morgan fingerprint density at radius 2 is 1.77 bits per heavy atom. The number of halogens is 4. The van der Waals surface area contributed by atoms with Crippen LogP contribution in [0.2, 0.25) is 0 Å². The number of benzene rings is 2. The number of hydrogen-bond donors (Lipinski definition) is 4. The molecule has 0 aliphatic carbocycles. The lowest BCUT2D eigenvalue weighted by Crippen LogP contribution is -2.63. The number of alkyl halides is 3. The van der Waals surface area contributed by atoms with Gasteiger partial charge in [-0.05, 0) is 57.0 Å². The van der Waals surface area contributed by atoms with Crippen molar-refractivity contribution in [3.8, 4) is 17.1 Å². The van der Waals surface area contributed by atoms with E-state index < -0.39 is 66.1 Å². The molecule has 14 nitrogen and oxygen atoms in total. The van der Waals surface area contributed by atoms with Crippen molar-refractivity contribution in [2.45, 2.75) is 82.5 Å². The van der Waals surface area contributed by atoms with Crippen LogP contribution in [-0.4, -0.2) is 111 Å². The third-order valence-corrected chi connectivity index (χ3v) is 10.3. The van der Waals surface area contributed by atoms with Crippen LogP contribution in [0.5, 0.6) is 5.75 Å². The fourth-order valence-electron chi connectivity index (χ4n) is 7.19.